The number of nitrogens with zero attached hydrogens (tertiary/aromatic N) is 4. The van der Waals surface area contributed by atoms with Gasteiger partial charge in [-0.05, 0) is 56.6 Å². The lowest BCUT2D eigenvalue weighted by Gasteiger charge is -2.47. The Balaban J connectivity index is 1.47. The molecule has 0 unspecified atom stereocenters. The van der Waals surface area contributed by atoms with Crippen LogP contribution in [0.5, 0.6) is 0 Å². The second-order valence-corrected chi connectivity index (χ2v) is 11.5. The van der Waals surface area contributed by atoms with Crippen LogP contribution in [0.2, 0.25) is 9.49 Å². The van der Waals surface area contributed by atoms with Crippen LogP contribution >= 0.6 is 34.5 Å². The zero-order chi connectivity index (χ0) is 25.7. The minimum atomic E-state index is -0.597. The lowest BCUT2D eigenvalue weighted by Crippen LogP contribution is -2.52. The molecule has 0 radical (unpaired) electrons. The molecule has 2 atom stereocenters. The van der Waals surface area contributed by atoms with Gasteiger partial charge in [-0.25, -0.2) is 24.3 Å². The Hall–Kier alpha value is -2.82. The second kappa shape index (κ2) is 9.81. The highest BCUT2D eigenvalue weighted by Crippen LogP contribution is 2.47. The van der Waals surface area contributed by atoms with Crippen LogP contribution in [0.3, 0.4) is 0 Å². The SMILES string of the molecule is CCOC(=O)[C@H]1C2CCC(CC2)[C@@H]1Nc1nc(-c2c[nH]c3nc(Cl)cnc23)nc(-c2ccc(Cl)s2)c1F. The molecular weight excluding hydrogens is 538 g/mol. The minimum absolute atomic E-state index is 0.0349. The molecule has 3 aliphatic rings. The molecule has 37 heavy (non-hydrogen) atoms. The van der Waals surface area contributed by atoms with Gasteiger partial charge in [0.25, 0.3) is 0 Å². The van der Waals surface area contributed by atoms with Crippen LogP contribution in [0.25, 0.3) is 33.1 Å². The number of halogens is 3. The molecule has 4 heterocycles. The molecule has 0 amide bonds. The standard InChI is InChI=1S/C25H23Cl2FN6O2S/c1-2-36-25(35)17-11-3-5-12(6-4-11)19(17)32-23-18(28)21(14-7-8-16(27)37-14)33-22(34-23)13-9-30-24-20(13)29-10-15(26)31-24/h7-12,17,19H,2-6H2,1H3,(H,30,31)(H,32,33,34)/t11?,12?,17-,19-/m0/s1. The smallest absolute Gasteiger partial charge is 0.311 e. The van der Waals surface area contributed by atoms with Gasteiger partial charge in [0, 0.05) is 12.2 Å². The molecule has 7 rings (SSSR count). The first-order valence-electron chi connectivity index (χ1n) is 12.2. The van der Waals surface area contributed by atoms with Crippen LogP contribution in [-0.4, -0.2) is 43.5 Å². The Labute approximate surface area is 226 Å². The highest BCUT2D eigenvalue weighted by molar-refractivity contribution is 7.19. The van der Waals surface area contributed by atoms with E-state index < -0.39 is 5.82 Å². The predicted molar refractivity (Wildman–Crippen MR) is 141 cm³/mol. The summed E-state index contributed by atoms with van der Waals surface area (Å²) in [6.07, 6.45) is 7.01. The summed E-state index contributed by atoms with van der Waals surface area (Å²) in [6.45, 7) is 2.11. The molecule has 2 N–H and O–H groups in total. The topological polar surface area (TPSA) is 106 Å². The molecule has 4 aromatic heterocycles. The van der Waals surface area contributed by atoms with E-state index >= 15 is 4.39 Å². The minimum Gasteiger partial charge on any atom is -0.466 e. The third-order valence-electron chi connectivity index (χ3n) is 7.33. The number of carbonyl (C=O) groups is 1. The highest BCUT2D eigenvalue weighted by Gasteiger charge is 2.48. The summed E-state index contributed by atoms with van der Waals surface area (Å²) in [6, 6.07) is 3.14. The fourth-order valence-electron chi connectivity index (χ4n) is 5.71. The number of carbonyl (C=O) groups excluding carboxylic acids is 1. The molecule has 0 aliphatic heterocycles. The van der Waals surface area contributed by atoms with Crippen LogP contribution in [0.4, 0.5) is 10.2 Å². The fraction of sp³-hybridized carbons (Fsp3) is 0.400. The summed E-state index contributed by atoms with van der Waals surface area (Å²) >= 11 is 13.4. The molecule has 2 bridgehead atoms. The van der Waals surface area contributed by atoms with Crippen molar-refractivity contribution in [2.24, 2.45) is 17.8 Å². The van der Waals surface area contributed by atoms with Crippen LogP contribution < -0.4 is 5.32 Å². The van der Waals surface area contributed by atoms with Crippen molar-refractivity contribution in [3.05, 3.63) is 39.8 Å². The van der Waals surface area contributed by atoms with Gasteiger partial charge >= 0.3 is 5.97 Å². The Morgan fingerprint density at radius 1 is 1.19 bits per heavy atom. The van der Waals surface area contributed by atoms with Crippen molar-refractivity contribution in [2.75, 3.05) is 11.9 Å². The molecule has 3 aliphatic carbocycles. The van der Waals surface area contributed by atoms with Crippen molar-refractivity contribution in [1.82, 2.24) is 24.9 Å². The normalized spacial score (nSPS) is 22.9. The van der Waals surface area contributed by atoms with Gasteiger partial charge in [-0.3, -0.25) is 4.79 Å². The van der Waals surface area contributed by atoms with Crippen LogP contribution in [0, 0.1) is 23.6 Å². The largest absolute Gasteiger partial charge is 0.466 e. The van der Waals surface area contributed by atoms with Crippen molar-refractivity contribution in [3.63, 3.8) is 0 Å². The monoisotopic (exact) mass is 560 g/mol. The number of rotatable bonds is 6. The molecule has 0 saturated heterocycles. The zero-order valence-electron chi connectivity index (χ0n) is 19.8. The van der Waals surface area contributed by atoms with Gasteiger partial charge in [0.15, 0.2) is 23.1 Å². The van der Waals surface area contributed by atoms with E-state index in [0.717, 1.165) is 25.7 Å². The van der Waals surface area contributed by atoms with E-state index in [0.29, 0.717) is 32.5 Å². The van der Waals surface area contributed by atoms with Crippen molar-refractivity contribution in [3.8, 4) is 22.0 Å². The first-order chi connectivity index (χ1) is 17.9. The highest BCUT2D eigenvalue weighted by atomic mass is 35.5. The number of anilines is 1. The van der Waals surface area contributed by atoms with Crippen LogP contribution in [0.15, 0.2) is 24.5 Å². The third kappa shape index (κ3) is 4.45. The average Bonchev–Trinajstić information content (AvgIpc) is 3.52. The molecular formula is C25H23Cl2FN6O2S. The van der Waals surface area contributed by atoms with E-state index in [9.17, 15) is 4.79 Å². The first-order valence-corrected chi connectivity index (χ1v) is 13.8. The summed E-state index contributed by atoms with van der Waals surface area (Å²) in [5.74, 6) is -0.468. The summed E-state index contributed by atoms with van der Waals surface area (Å²) in [4.78, 5) is 34.4. The molecule has 12 heteroatoms. The van der Waals surface area contributed by atoms with Gasteiger partial charge in [-0.1, -0.05) is 23.2 Å². The Morgan fingerprint density at radius 2 is 1.97 bits per heavy atom. The summed E-state index contributed by atoms with van der Waals surface area (Å²) in [5.41, 5.74) is 1.66. The number of aromatic nitrogens is 5. The molecule has 0 aromatic carbocycles. The zero-order valence-corrected chi connectivity index (χ0v) is 22.1. The first kappa shape index (κ1) is 24.5. The third-order valence-corrected chi connectivity index (χ3v) is 8.75. The van der Waals surface area contributed by atoms with E-state index in [2.05, 4.69) is 30.2 Å². The van der Waals surface area contributed by atoms with E-state index in [1.54, 1.807) is 25.3 Å². The number of hydrogen-bond acceptors (Lipinski definition) is 8. The second-order valence-electron chi connectivity index (χ2n) is 9.38. The van der Waals surface area contributed by atoms with Crippen LogP contribution in [-0.2, 0) is 9.53 Å². The van der Waals surface area contributed by atoms with Gasteiger partial charge in [-0.2, -0.15) is 0 Å². The Morgan fingerprint density at radius 3 is 2.70 bits per heavy atom. The lowest BCUT2D eigenvalue weighted by molar-refractivity contribution is -0.154. The number of aromatic amines is 1. The summed E-state index contributed by atoms with van der Waals surface area (Å²) < 4.78 is 22.0. The molecule has 8 nitrogen and oxygen atoms in total. The van der Waals surface area contributed by atoms with Gasteiger partial charge in [0.1, 0.15) is 16.4 Å². The number of esters is 1. The summed E-state index contributed by atoms with van der Waals surface area (Å²) in [5, 5.41) is 3.57. The molecule has 192 valence electrons. The van der Waals surface area contributed by atoms with Crippen molar-refractivity contribution in [2.45, 2.75) is 38.6 Å². The van der Waals surface area contributed by atoms with Crippen LogP contribution in [0.1, 0.15) is 32.6 Å². The molecule has 4 aromatic rings. The molecule has 3 fully saturated rings. The van der Waals surface area contributed by atoms with Gasteiger partial charge < -0.3 is 15.0 Å². The number of nitrogens with one attached hydrogen (secondary N) is 2. The number of H-pyrrole nitrogens is 1. The number of ether oxygens (including phenoxy) is 1. The number of thiophene rings is 1. The van der Waals surface area contributed by atoms with E-state index in [4.69, 9.17) is 27.9 Å². The summed E-state index contributed by atoms with van der Waals surface area (Å²) in [7, 11) is 0. The van der Waals surface area contributed by atoms with Gasteiger partial charge in [0.05, 0.1) is 33.5 Å². The number of hydrogen-bond donors (Lipinski definition) is 2. The van der Waals surface area contributed by atoms with Crippen molar-refractivity contribution < 1.29 is 13.9 Å². The lowest BCUT2D eigenvalue weighted by atomic mass is 9.61. The van der Waals surface area contributed by atoms with Gasteiger partial charge in [-0.15, -0.1) is 11.3 Å². The number of fused-ring (bicyclic) bond motifs is 4. The quantitative estimate of drug-likeness (QED) is 0.264. The predicted octanol–water partition coefficient (Wildman–Crippen LogP) is 6.37. The van der Waals surface area contributed by atoms with E-state index in [-0.39, 0.29) is 52.3 Å². The maximum Gasteiger partial charge on any atom is 0.311 e. The van der Waals surface area contributed by atoms with E-state index in [1.807, 2.05) is 0 Å². The van der Waals surface area contributed by atoms with E-state index in [1.165, 1.54) is 17.5 Å². The maximum absolute atomic E-state index is 16.0. The maximum atomic E-state index is 16.0. The van der Waals surface area contributed by atoms with Crippen molar-refractivity contribution in [1.29, 1.82) is 0 Å². The molecule has 0 spiro atoms. The Kier molecular flexibility index (Phi) is 6.50. The fourth-order valence-corrected chi connectivity index (χ4v) is 6.87. The average molecular weight is 561 g/mol. The van der Waals surface area contributed by atoms with Crippen molar-refractivity contribution >= 4 is 57.5 Å². The van der Waals surface area contributed by atoms with Gasteiger partial charge in [0.2, 0.25) is 0 Å². The Bertz CT molecular complexity index is 1490. The molecule has 3 saturated carbocycles.